The van der Waals surface area contributed by atoms with E-state index in [0.717, 1.165) is 35.4 Å². The van der Waals surface area contributed by atoms with E-state index in [9.17, 15) is 9.59 Å². The number of amides is 2. The lowest BCUT2D eigenvalue weighted by molar-refractivity contribution is -0.126. The van der Waals surface area contributed by atoms with Gasteiger partial charge in [-0.3, -0.25) is 14.9 Å². The van der Waals surface area contributed by atoms with Crippen molar-refractivity contribution in [1.82, 2.24) is 15.5 Å². The number of aromatic nitrogens is 2. The molecule has 1 aromatic heterocycles. The zero-order valence-electron chi connectivity index (χ0n) is 17.0. The Hall–Kier alpha value is -3.06. The molecule has 1 unspecified atom stereocenters. The highest BCUT2D eigenvalue weighted by Gasteiger charge is 2.22. The average Bonchev–Trinajstić information content (AvgIpc) is 3.23. The Morgan fingerprint density at radius 3 is 2.37 bits per heavy atom. The van der Waals surface area contributed by atoms with Gasteiger partial charge < -0.3 is 5.32 Å². The monoisotopic (exact) mass is 422 g/mol. The fourth-order valence-electron chi connectivity index (χ4n) is 3.02. The summed E-state index contributed by atoms with van der Waals surface area (Å²) in [4.78, 5) is 25.3. The van der Waals surface area contributed by atoms with Crippen LogP contribution in [0.5, 0.6) is 0 Å². The number of nitrogens with one attached hydrogen (secondary N) is 2. The molecule has 6 nitrogen and oxygen atoms in total. The number of benzene rings is 2. The van der Waals surface area contributed by atoms with Crippen LogP contribution in [-0.2, 0) is 16.0 Å². The number of hydrogen-bond donors (Lipinski definition) is 2. The van der Waals surface area contributed by atoms with E-state index in [1.54, 1.807) is 0 Å². The van der Waals surface area contributed by atoms with Crippen LogP contribution in [0.15, 0.2) is 60.7 Å². The van der Waals surface area contributed by atoms with Crippen LogP contribution in [0.2, 0.25) is 0 Å². The van der Waals surface area contributed by atoms with Crippen molar-refractivity contribution in [2.24, 2.45) is 0 Å². The van der Waals surface area contributed by atoms with Crippen LogP contribution in [0.3, 0.4) is 0 Å². The lowest BCUT2D eigenvalue weighted by Crippen LogP contribution is -2.45. The number of carbonyl (C=O) groups is 2. The molecule has 0 aliphatic carbocycles. The van der Waals surface area contributed by atoms with Gasteiger partial charge in [0, 0.05) is 18.4 Å². The van der Waals surface area contributed by atoms with Gasteiger partial charge >= 0.3 is 0 Å². The molecule has 156 valence electrons. The van der Waals surface area contributed by atoms with Gasteiger partial charge in [0.1, 0.15) is 11.0 Å². The Labute approximate surface area is 180 Å². The van der Waals surface area contributed by atoms with E-state index in [4.69, 9.17) is 0 Å². The van der Waals surface area contributed by atoms with E-state index in [2.05, 4.69) is 27.8 Å². The molecule has 0 spiro atoms. The highest BCUT2D eigenvalue weighted by molar-refractivity contribution is 7.18. The molecule has 0 aliphatic rings. The minimum absolute atomic E-state index is 0.109. The van der Waals surface area contributed by atoms with Gasteiger partial charge in [-0.1, -0.05) is 91.8 Å². The Bertz CT molecular complexity index is 944. The minimum Gasteiger partial charge on any atom is -0.344 e. The predicted octanol–water partition coefficient (Wildman–Crippen LogP) is 4.45. The zero-order valence-corrected chi connectivity index (χ0v) is 17.8. The molecule has 2 aromatic carbocycles. The van der Waals surface area contributed by atoms with E-state index < -0.39 is 6.04 Å². The van der Waals surface area contributed by atoms with Crippen LogP contribution in [0, 0.1) is 0 Å². The number of nitrogens with zero attached hydrogens (tertiary/aromatic N) is 2. The normalized spacial score (nSPS) is 11.6. The number of anilines is 1. The van der Waals surface area contributed by atoms with Crippen molar-refractivity contribution in [3.05, 3.63) is 66.2 Å². The molecule has 0 saturated heterocycles. The molecule has 30 heavy (non-hydrogen) atoms. The lowest BCUT2D eigenvalue weighted by Gasteiger charge is -2.18. The Balaban J connectivity index is 1.68. The molecule has 3 aromatic rings. The van der Waals surface area contributed by atoms with Crippen molar-refractivity contribution in [2.75, 3.05) is 5.32 Å². The van der Waals surface area contributed by atoms with Crippen LogP contribution >= 0.6 is 11.3 Å². The topological polar surface area (TPSA) is 84.0 Å². The van der Waals surface area contributed by atoms with E-state index in [0.29, 0.717) is 18.0 Å². The summed E-state index contributed by atoms with van der Waals surface area (Å²) >= 11 is 1.31. The first-order chi connectivity index (χ1) is 14.7. The molecule has 3 rings (SSSR count). The molecule has 2 N–H and O–H groups in total. The van der Waals surface area contributed by atoms with Gasteiger partial charge in [-0.05, 0) is 12.0 Å². The van der Waals surface area contributed by atoms with Gasteiger partial charge in [-0.25, -0.2) is 0 Å². The van der Waals surface area contributed by atoms with Crippen LogP contribution < -0.4 is 10.6 Å². The summed E-state index contributed by atoms with van der Waals surface area (Å²) in [5.74, 6) is -0.403. The summed E-state index contributed by atoms with van der Waals surface area (Å²) in [7, 11) is 0. The largest absolute Gasteiger partial charge is 0.344 e. The Morgan fingerprint density at radius 1 is 0.967 bits per heavy atom. The molecule has 0 fully saturated rings. The maximum absolute atomic E-state index is 12.9. The molecule has 0 saturated carbocycles. The quantitative estimate of drug-likeness (QED) is 0.473. The van der Waals surface area contributed by atoms with Crippen molar-refractivity contribution < 1.29 is 9.59 Å². The predicted molar refractivity (Wildman–Crippen MR) is 120 cm³/mol. The summed E-state index contributed by atoms with van der Waals surface area (Å²) in [6, 6.07) is 18.7. The molecule has 0 radical (unpaired) electrons. The SMILES string of the molecule is CCCCCC(=O)NC(Cc1ccccc1)C(=O)Nc1nnc(-c2ccccc2)s1. The van der Waals surface area contributed by atoms with Crippen LogP contribution in [-0.4, -0.2) is 28.1 Å². The van der Waals surface area contributed by atoms with Crippen LogP contribution in [0.4, 0.5) is 5.13 Å². The fourth-order valence-corrected chi connectivity index (χ4v) is 3.78. The first-order valence-corrected chi connectivity index (χ1v) is 11.0. The third-order valence-corrected chi connectivity index (χ3v) is 5.51. The van der Waals surface area contributed by atoms with E-state index in [-0.39, 0.29) is 11.8 Å². The first kappa shape index (κ1) is 21.6. The van der Waals surface area contributed by atoms with E-state index in [1.807, 2.05) is 60.7 Å². The highest BCUT2D eigenvalue weighted by atomic mass is 32.1. The number of carbonyl (C=O) groups excluding carboxylic acids is 2. The van der Waals surface area contributed by atoms with Crippen LogP contribution in [0.25, 0.3) is 10.6 Å². The molecule has 1 atom stereocenters. The summed E-state index contributed by atoms with van der Waals surface area (Å²) in [5, 5.41) is 15.1. The van der Waals surface area contributed by atoms with E-state index in [1.165, 1.54) is 11.3 Å². The van der Waals surface area contributed by atoms with Gasteiger partial charge in [0.25, 0.3) is 0 Å². The van der Waals surface area contributed by atoms with Gasteiger partial charge in [-0.2, -0.15) is 0 Å². The number of hydrogen-bond acceptors (Lipinski definition) is 5. The number of unbranched alkanes of at least 4 members (excludes halogenated alkanes) is 2. The maximum Gasteiger partial charge on any atom is 0.249 e. The molecule has 7 heteroatoms. The molecular weight excluding hydrogens is 396 g/mol. The lowest BCUT2D eigenvalue weighted by atomic mass is 10.0. The average molecular weight is 423 g/mol. The Kier molecular flexibility index (Phi) is 8.09. The summed E-state index contributed by atoms with van der Waals surface area (Å²) in [5.41, 5.74) is 1.93. The summed E-state index contributed by atoms with van der Waals surface area (Å²) < 4.78 is 0. The van der Waals surface area contributed by atoms with Crippen LogP contribution in [0.1, 0.15) is 38.2 Å². The second-order valence-electron chi connectivity index (χ2n) is 7.03. The molecule has 0 bridgehead atoms. The van der Waals surface area contributed by atoms with E-state index >= 15 is 0 Å². The molecule has 2 amide bonds. The second kappa shape index (κ2) is 11.2. The van der Waals surface area contributed by atoms with Gasteiger partial charge in [0.2, 0.25) is 16.9 Å². The number of rotatable bonds is 10. The third kappa shape index (κ3) is 6.49. The third-order valence-electron chi connectivity index (χ3n) is 4.62. The fraction of sp³-hybridized carbons (Fsp3) is 0.304. The minimum atomic E-state index is -0.675. The zero-order chi connectivity index (χ0) is 21.2. The molecule has 0 aliphatic heterocycles. The van der Waals surface area contributed by atoms with Crippen molar-refractivity contribution >= 4 is 28.3 Å². The summed E-state index contributed by atoms with van der Waals surface area (Å²) in [6.07, 6.45) is 3.69. The highest BCUT2D eigenvalue weighted by Crippen LogP contribution is 2.26. The van der Waals surface area contributed by atoms with Crippen molar-refractivity contribution in [3.63, 3.8) is 0 Å². The van der Waals surface area contributed by atoms with Crippen molar-refractivity contribution in [3.8, 4) is 10.6 Å². The van der Waals surface area contributed by atoms with Gasteiger partial charge in [0.05, 0.1) is 0 Å². The van der Waals surface area contributed by atoms with Crippen molar-refractivity contribution in [2.45, 2.75) is 45.1 Å². The van der Waals surface area contributed by atoms with Crippen molar-refractivity contribution in [1.29, 1.82) is 0 Å². The van der Waals surface area contributed by atoms with Gasteiger partial charge in [-0.15, -0.1) is 10.2 Å². The Morgan fingerprint density at radius 2 is 1.67 bits per heavy atom. The smallest absolute Gasteiger partial charge is 0.249 e. The first-order valence-electron chi connectivity index (χ1n) is 10.2. The van der Waals surface area contributed by atoms with Gasteiger partial charge in [0.15, 0.2) is 0 Å². The molecule has 1 heterocycles. The maximum atomic E-state index is 12.9. The molecular formula is C23H26N4O2S. The second-order valence-corrected chi connectivity index (χ2v) is 8.01. The summed E-state index contributed by atoms with van der Waals surface area (Å²) in [6.45, 7) is 2.09. The standard InChI is InChI=1S/C23H26N4O2S/c1-2-3-6-15-20(28)24-19(16-17-11-7-4-8-12-17)21(29)25-23-27-26-22(30-23)18-13-9-5-10-14-18/h4-5,7-14,19H,2-3,6,15-16H2,1H3,(H,24,28)(H,25,27,29).